The van der Waals surface area contributed by atoms with Crippen molar-refractivity contribution >= 4 is 39.9 Å². The average Bonchev–Trinajstić information content (AvgIpc) is 3.06. The number of hydrogen-bond donors (Lipinski definition) is 1. The molecule has 25 heavy (non-hydrogen) atoms. The van der Waals surface area contributed by atoms with Gasteiger partial charge < -0.3 is 5.32 Å². The molecule has 2 aromatic carbocycles. The summed E-state index contributed by atoms with van der Waals surface area (Å²) >= 11 is 1.23. The molecule has 2 heterocycles. The molecule has 0 aliphatic heterocycles. The maximum atomic E-state index is 12.9. The van der Waals surface area contributed by atoms with Gasteiger partial charge in [0.25, 0.3) is 0 Å². The zero-order valence-electron chi connectivity index (χ0n) is 12.9. The Morgan fingerprint density at radius 2 is 1.96 bits per heavy atom. The minimum Gasteiger partial charge on any atom is -0.325 e. The predicted octanol–water partition coefficient (Wildman–Crippen LogP) is 3.15. The van der Waals surface area contributed by atoms with Gasteiger partial charge >= 0.3 is 0 Å². The first kappa shape index (κ1) is 15.5. The second-order valence-electron chi connectivity index (χ2n) is 5.27. The number of nitrogens with one attached hydrogen (secondary N) is 1. The quantitative estimate of drug-likeness (QED) is 0.571. The summed E-state index contributed by atoms with van der Waals surface area (Å²) in [5, 5.41) is 8.43. The van der Waals surface area contributed by atoms with E-state index in [1.807, 2.05) is 24.3 Å². The molecular weight excluding hydrogens is 341 g/mol. The Balaban J connectivity index is 1.48. The number of fused-ring (bicyclic) bond motifs is 3. The first-order chi connectivity index (χ1) is 12.2. The first-order valence-corrected chi connectivity index (χ1v) is 8.46. The molecule has 0 radical (unpaired) electrons. The molecule has 124 valence electrons. The van der Waals surface area contributed by atoms with Crippen molar-refractivity contribution in [1.82, 2.24) is 19.6 Å². The molecule has 0 fully saturated rings. The standard InChI is InChI=1S/C17H12FN5OS/c18-11-5-7-12(8-6-11)20-15(24)9-25-17-21-16-13-3-1-2-4-14(13)19-10-23(16)22-17/h1-8,10H,9H2,(H,20,24). The SMILES string of the molecule is O=C(CSc1nc2c3ccccc3ncn2n1)Nc1ccc(F)cc1. The van der Waals surface area contributed by atoms with Crippen LogP contribution in [0.4, 0.5) is 10.1 Å². The van der Waals surface area contributed by atoms with Gasteiger partial charge in [0.1, 0.15) is 12.1 Å². The number of amides is 1. The summed E-state index contributed by atoms with van der Waals surface area (Å²) in [5.41, 5.74) is 2.09. The number of para-hydroxylation sites is 1. The van der Waals surface area contributed by atoms with E-state index in [0.717, 1.165) is 10.9 Å². The van der Waals surface area contributed by atoms with Gasteiger partial charge in [-0.1, -0.05) is 23.9 Å². The Morgan fingerprint density at radius 1 is 1.16 bits per heavy atom. The van der Waals surface area contributed by atoms with E-state index in [9.17, 15) is 9.18 Å². The number of anilines is 1. The highest BCUT2D eigenvalue weighted by atomic mass is 32.2. The number of rotatable bonds is 4. The lowest BCUT2D eigenvalue weighted by Gasteiger charge is -2.03. The second kappa shape index (κ2) is 6.48. The van der Waals surface area contributed by atoms with Crippen LogP contribution >= 0.6 is 11.8 Å². The number of halogens is 1. The molecule has 0 atom stereocenters. The summed E-state index contributed by atoms with van der Waals surface area (Å²) in [6.45, 7) is 0. The van der Waals surface area contributed by atoms with Gasteiger partial charge in [-0.15, -0.1) is 5.10 Å². The molecule has 0 unspecified atom stereocenters. The van der Waals surface area contributed by atoms with Crippen molar-refractivity contribution in [2.24, 2.45) is 0 Å². The van der Waals surface area contributed by atoms with Gasteiger partial charge in [0.15, 0.2) is 5.65 Å². The van der Waals surface area contributed by atoms with Crippen LogP contribution in [0.2, 0.25) is 0 Å². The maximum Gasteiger partial charge on any atom is 0.234 e. The van der Waals surface area contributed by atoms with E-state index >= 15 is 0 Å². The van der Waals surface area contributed by atoms with Crippen LogP contribution in [0, 0.1) is 5.82 Å². The fourth-order valence-corrected chi connectivity index (χ4v) is 3.01. The lowest BCUT2D eigenvalue weighted by molar-refractivity contribution is -0.113. The normalized spacial score (nSPS) is 11.1. The summed E-state index contributed by atoms with van der Waals surface area (Å²) in [4.78, 5) is 20.8. The molecule has 2 aromatic heterocycles. The zero-order chi connectivity index (χ0) is 17.2. The molecule has 0 aliphatic rings. The zero-order valence-corrected chi connectivity index (χ0v) is 13.7. The van der Waals surface area contributed by atoms with Crippen molar-refractivity contribution in [1.29, 1.82) is 0 Å². The summed E-state index contributed by atoms with van der Waals surface area (Å²) in [7, 11) is 0. The predicted molar refractivity (Wildman–Crippen MR) is 94.0 cm³/mol. The summed E-state index contributed by atoms with van der Waals surface area (Å²) < 4.78 is 14.5. The van der Waals surface area contributed by atoms with Crippen molar-refractivity contribution in [2.75, 3.05) is 11.1 Å². The van der Waals surface area contributed by atoms with E-state index in [0.29, 0.717) is 16.5 Å². The Bertz CT molecular complexity index is 1060. The van der Waals surface area contributed by atoms with E-state index in [1.165, 1.54) is 36.0 Å². The average molecular weight is 353 g/mol. The number of carbonyl (C=O) groups is 1. The van der Waals surface area contributed by atoms with Crippen LogP contribution in [0.1, 0.15) is 0 Å². The number of aromatic nitrogens is 4. The summed E-state index contributed by atoms with van der Waals surface area (Å²) in [6.07, 6.45) is 1.60. The van der Waals surface area contributed by atoms with E-state index < -0.39 is 0 Å². The third kappa shape index (κ3) is 3.29. The van der Waals surface area contributed by atoms with E-state index in [2.05, 4.69) is 20.4 Å². The van der Waals surface area contributed by atoms with Gasteiger partial charge in [0.05, 0.1) is 11.3 Å². The molecule has 0 aliphatic carbocycles. The van der Waals surface area contributed by atoms with Crippen molar-refractivity contribution < 1.29 is 9.18 Å². The van der Waals surface area contributed by atoms with Crippen LogP contribution in [0.25, 0.3) is 16.6 Å². The lowest BCUT2D eigenvalue weighted by Crippen LogP contribution is -2.14. The Morgan fingerprint density at radius 3 is 2.80 bits per heavy atom. The van der Waals surface area contributed by atoms with Crippen molar-refractivity contribution in [2.45, 2.75) is 5.16 Å². The molecule has 4 rings (SSSR count). The van der Waals surface area contributed by atoms with Crippen molar-refractivity contribution in [3.05, 3.63) is 60.7 Å². The number of carbonyl (C=O) groups excluding carboxylic acids is 1. The minimum atomic E-state index is -0.345. The van der Waals surface area contributed by atoms with Crippen LogP contribution in [-0.2, 0) is 4.79 Å². The van der Waals surface area contributed by atoms with E-state index in [-0.39, 0.29) is 17.5 Å². The topological polar surface area (TPSA) is 72.2 Å². The molecular formula is C17H12FN5OS. The first-order valence-electron chi connectivity index (χ1n) is 7.47. The third-order valence-electron chi connectivity index (χ3n) is 3.52. The molecule has 4 aromatic rings. The van der Waals surface area contributed by atoms with Crippen LogP contribution in [0.3, 0.4) is 0 Å². The molecule has 0 spiro atoms. The third-order valence-corrected chi connectivity index (χ3v) is 4.36. The Kier molecular flexibility index (Phi) is 4.02. The van der Waals surface area contributed by atoms with Gasteiger partial charge in [-0.25, -0.2) is 18.9 Å². The number of nitrogens with zero attached hydrogens (tertiary/aromatic N) is 4. The monoisotopic (exact) mass is 353 g/mol. The van der Waals surface area contributed by atoms with Gasteiger partial charge in [-0.05, 0) is 36.4 Å². The van der Waals surface area contributed by atoms with Crippen LogP contribution in [0.15, 0.2) is 60.0 Å². The van der Waals surface area contributed by atoms with Crippen molar-refractivity contribution in [3.8, 4) is 0 Å². The molecule has 6 nitrogen and oxygen atoms in total. The Hall–Kier alpha value is -3.00. The van der Waals surface area contributed by atoms with Gasteiger partial charge in [0.2, 0.25) is 11.1 Å². The Labute approximate surface area is 146 Å². The van der Waals surface area contributed by atoms with Gasteiger partial charge in [-0.2, -0.15) is 0 Å². The van der Waals surface area contributed by atoms with E-state index in [4.69, 9.17) is 0 Å². The molecule has 0 saturated heterocycles. The molecule has 1 amide bonds. The maximum absolute atomic E-state index is 12.9. The van der Waals surface area contributed by atoms with Crippen LogP contribution in [0.5, 0.6) is 0 Å². The number of benzene rings is 2. The molecule has 1 N–H and O–H groups in total. The largest absolute Gasteiger partial charge is 0.325 e. The fraction of sp³-hybridized carbons (Fsp3) is 0.0588. The number of hydrogen-bond acceptors (Lipinski definition) is 5. The highest BCUT2D eigenvalue weighted by Crippen LogP contribution is 2.20. The highest BCUT2D eigenvalue weighted by Gasteiger charge is 2.11. The number of thioether (sulfide) groups is 1. The van der Waals surface area contributed by atoms with E-state index in [1.54, 1.807) is 10.8 Å². The summed E-state index contributed by atoms with van der Waals surface area (Å²) in [5.74, 6) is -0.403. The smallest absolute Gasteiger partial charge is 0.234 e. The fourth-order valence-electron chi connectivity index (χ4n) is 2.38. The molecule has 0 bridgehead atoms. The van der Waals surface area contributed by atoms with Gasteiger partial charge in [0, 0.05) is 11.1 Å². The van der Waals surface area contributed by atoms with Crippen LogP contribution in [-0.4, -0.2) is 31.2 Å². The van der Waals surface area contributed by atoms with Gasteiger partial charge in [-0.3, -0.25) is 4.79 Å². The minimum absolute atomic E-state index is 0.152. The molecule has 8 heteroatoms. The van der Waals surface area contributed by atoms with Crippen molar-refractivity contribution in [3.63, 3.8) is 0 Å². The van der Waals surface area contributed by atoms with Crippen LogP contribution < -0.4 is 5.32 Å². The molecule has 0 saturated carbocycles. The summed E-state index contributed by atoms with van der Waals surface area (Å²) in [6, 6.07) is 13.3. The highest BCUT2D eigenvalue weighted by molar-refractivity contribution is 7.99. The second-order valence-corrected chi connectivity index (χ2v) is 6.21. The lowest BCUT2D eigenvalue weighted by atomic mass is 10.2.